The Morgan fingerprint density at radius 3 is 2.55 bits per heavy atom. The summed E-state index contributed by atoms with van der Waals surface area (Å²) < 4.78 is 5.95. The molecule has 0 spiro atoms. The van der Waals surface area contributed by atoms with Crippen molar-refractivity contribution in [2.24, 2.45) is 4.99 Å². The zero-order valence-electron chi connectivity index (χ0n) is 16.3. The van der Waals surface area contributed by atoms with E-state index in [1.165, 1.54) is 31.4 Å². The lowest BCUT2D eigenvalue weighted by molar-refractivity contribution is -0.138. The van der Waals surface area contributed by atoms with Crippen molar-refractivity contribution in [2.75, 3.05) is 7.11 Å². The standard InChI is InChI=1S/C21H19N3O7/c1-31-15-4-2-3-13(10-15)24-19(27)16(18(26)23-21(24)30)11-22-17(20(28)29)9-12-5-7-14(25)8-6-12/h2-8,10-11,17,25,27H,9H2,1H3,(H,28,29)(H,23,26,30)/t17-/m0/s1. The van der Waals surface area contributed by atoms with Gasteiger partial charge in [0.15, 0.2) is 6.04 Å². The molecule has 0 saturated carbocycles. The quantitative estimate of drug-likeness (QED) is 0.413. The van der Waals surface area contributed by atoms with E-state index in [-0.39, 0.29) is 23.4 Å². The van der Waals surface area contributed by atoms with Crippen LogP contribution in [0, 0.1) is 0 Å². The number of carboxylic acid groups (broad SMARTS) is 1. The van der Waals surface area contributed by atoms with Gasteiger partial charge in [-0.3, -0.25) is 14.8 Å². The van der Waals surface area contributed by atoms with E-state index in [2.05, 4.69) is 9.98 Å². The fourth-order valence-electron chi connectivity index (χ4n) is 2.87. The van der Waals surface area contributed by atoms with E-state index in [1.807, 2.05) is 0 Å². The van der Waals surface area contributed by atoms with Gasteiger partial charge in [-0.15, -0.1) is 0 Å². The van der Waals surface area contributed by atoms with Gasteiger partial charge in [0.2, 0.25) is 5.88 Å². The highest BCUT2D eigenvalue weighted by molar-refractivity contribution is 5.85. The minimum Gasteiger partial charge on any atom is -0.508 e. The second-order valence-corrected chi connectivity index (χ2v) is 6.54. The summed E-state index contributed by atoms with van der Waals surface area (Å²) in [5.74, 6) is -1.48. The van der Waals surface area contributed by atoms with Crippen LogP contribution in [0.15, 0.2) is 63.1 Å². The van der Waals surface area contributed by atoms with Crippen LogP contribution in [0.2, 0.25) is 0 Å². The van der Waals surface area contributed by atoms with Crippen LogP contribution in [-0.2, 0) is 11.2 Å². The summed E-state index contributed by atoms with van der Waals surface area (Å²) in [5.41, 5.74) is -1.35. The molecule has 0 unspecified atom stereocenters. The summed E-state index contributed by atoms with van der Waals surface area (Å²) in [6.07, 6.45) is 0.907. The van der Waals surface area contributed by atoms with Crippen molar-refractivity contribution in [3.8, 4) is 23.1 Å². The number of aromatic nitrogens is 2. The van der Waals surface area contributed by atoms with Crippen LogP contribution in [0.25, 0.3) is 5.69 Å². The smallest absolute Gasteiger partial charge is 0.335 e. The molecule has 0 saturated heterocycles. The van der Waals surface area contributed by atoms with Crippen LogP contribution >= 0.6 is 0 Å². The first-order chi connectivity index (χ1) is 14.8. The Morgan fingerprint density at radius 1 is 1.19 bits per heavy atom. The van der Waals surface area contributed by atoms with Crippen molar-refractivity contribution in [2.45, 2.75) is 12.5 Å². The third-order valence-corrected chi connectivity index (χ3v) is 4.47. The molecule has 0 fully saturated rings. The summed E-state index contributed by atoms with van der Waals surface area (Å²) >= 11 is 0. The van der Waals surface area contributed by atoms with Gasteiger partial charge in [-0.05, 0) is 29.8 Å². The summed E-state index contributed by atoms with van der Waals surface area (Å²) in [4.78, 5) is 42.1. The van der Waals surface area contributed by atoms with Gasteiger partial charge in [-0.1, -0.05) is 18.2 Å². The minimum absolute atomic E-state index is 0.0136. The Kier molecular flexibility index (Phi) is 6.20. The fraction of sp³-hybridized carbons (Fsp3) is 0.143. The second kappa shape index (κ2) is 8.99. The molecule has 3 aromatic rings. The monoisotopic (exact) mass is 425 g/mol. The summed E-state index contributed by atoms with van der Waals surface area (Å²) in [5, 5.41) is 29.4. The highest BCUT2D eigenvalue weighted by Gasteiger charge is 2.19. The van der Waals surface area contributed by atoms with Gasteiger partial charge >= 0.3 is 11.7 Å². The number of nitrogens with zero attached hydrogens (tertiary/aromatic N) is 2. The molecule has 2 aromatic carbocycles. The normalized spacial score (nSPS) is 12.0. The molecule has 4 N–H and O–H groups in total. The number of phenols is 1. The third kappa shape index (κ3) is 4.81. The number of hydrogen-bond acceptors (Lipinski definition) is 7. The highest BCUT2D eigenvalue weighted by atomic mass is 16.5. The van der Waals surface area contributed by atoms with E-state index in [0.717, 1.165) is 10.8 Å². The van der Waals surface area contributed by atoms with E-state index in [4.69, 9.17) is 4.74 Å². The lowest BCUT2D eigenvalue weighted by Gasteiger charge is -2.11. The number of hydrogen-bond donors (Lipinski definition) is 4. The van der Waals surface area contributed by atoms with Crippen molar-refractivity contribution in [1.82, 2.24) is 9.55 Å². The maximum absolute atomic E-state index is 12.3. The number of ether oxygens (including phenoxy) is 1. The maximum atomic E-state index is 12.3. The summed E-state index contributed by atoms with van der Waals surface area (Å²) in [6.45, 7) is 0. The molecule has 3 rings (SSSR count). The summed E-state index contributed by atoms with van der Waals surface area (Å²) in [6, 6.07) is 10.9. The third-order valence-electron chi connectivity index (χ3n) is 4.47. The van der Waals surface area contributed by atoms with Crippen LogP contribution in [0.1, 0.15) is 11.1 Å². The fourth-order valence-corrected chi connectivity index (χ4v) is 2.87. The number of H-pyrrole nitrogens is 1. The van der Waals surface area contributed by atoms with Crippen molar-refractivity contribution in [3.05, 3.63) is 80.5 Å². The van der Waals surface area contributed by atoms with Gasteiger partial charge in [-0.2, -0.15) is 0 Å². The number of aliphatic carboxylic acids is 1. The number of rotatable bonds is 7. The minimum atomic E-state index is -1.26. The van der Waals surface area contributed by atoms with Gasteiger partial charge in [0.1, 0.15) is 17.1 Å². The maximum Gasteiger partial charge on any atom is 0.335 e. The molecule has 31 heavy (non-hydrogen) atoms. The zero-order chi connectivity index (χ0) is 22.5. The number of carbonyl (C=O) groups is 1. The number of benzene rings is 2. The van der Waals surface area contributed by atoms with E-state index in [9.17, 15) is 29.7 Å². The molecule has 10 nitrogen and oxygen atoms in total. The van der Waals surface area contributed by atoms with Crippen molar-refractivity contribution < 1.29 is 24.9 Å². The molecule has 0 radical (unpaired) electrons. The van der Waals surface area contributed by atoms with Gasteiger partial charge in [0.25, 0.3) is 5.56 Å². The van der Waals surface area contributed by atoms with Gasteiger partial charge < -0.3 is 20.1 Å². The highest BCUT2D eigenvalue weighted by Crippen LogP contribution is 2.20. The first-order valence-electron chi connectivity index (χ1n) is 9.06. The SMILES string of the molecule is COc1cccc(-n2c(O)c(C=N[C@@H](Cc3ccc(O)cc3)C(=O)O)c(=O)[nH]c2=O)c1. The lowest BCUT2D eigenvalue weighted by atomic mass is 10.1. The molecular formula is C21H19N3O7. The molecule has 0 aliphatic carbocycles. The molecule has 1 atom stereocenters. The topological polar surface area (TPSA) is 154 Å². The van der Waals surface area contributed by atoms with Gasteiger partial charge in [-0.25, -0.2) is 14.2 Å². The summed E-state index contributed by atoms with van der Waals surface area (Å²) in [7, 11) is 1.44. The first kappa shape index (κ1) is 21.4. The molecule has 0 bridgehead atoms. The van der Waals surface area contributed by atoms with Gasteiger partial charge in [0, 0.05) is 18.7 Å². The Hall–Kier alpha value is -4.34. The predicted octanol–water partition coefficient (Wildman–Crippen LogP) is 1.06. The molecule has 160 valence electrons. The first-order valence-corrected chi connectivity index (χ1v) is 9.06. The number of methoxy groups -OCH3 is 1. The lowest BCUT2D eigenvalue weighted by Crippen LogP contribution is -2.31. The number of aromatic hydroxyl groups is 2. The molecule has 0 aliphatic heterocycles. The average molecular weight is 425 g/mol. The number of aliphatic imine (C=N–C) groups is 1. The van der Waals surface area contributed by atoms with E-state index < -0.39 is 29.1 Å². The predicted molar refractivity (Wildman–Crippen MR) is 112 cm³/mol. The molecule has 0 amide bonds. The van der Waals surface area contributed by atoms with Crippen LogP contribution in [0.5, 0.6) is 17.4 Å². The number of carboxylic acids is 1. The van der Waals surface area contributed by atoms with E-state index in [1.54, 1.807) is 24.3 Å². The Balaban J connectivity index is 2.00. The molecule has 1 aromatic heterocycles. The molecule has 10 heteroatoms. The van der Waals surface area contributed by atoms with Crippen molar-refractivity contribution >= 4 is 12.2 Å². The number of nitrogens with one attached hydrogen (secondary N) is 1. The number of phenolic OH excluding ortho intramolecular Hbond substituents is 1. The molecule has 0 aliphatic rings. The van der Waals surface area contributed by atoms with E-state index >= 15 is 0 Å². The van der Waals surface area contributed by atoms with E-state index in [0.29, 0.717) is 11.3 Å². The second-order valence-electron chi connectivity index (χ2n) is 6.54. The van der Waals surface area contributed by atoms with Crippen LogP contribution in [0.4, 0.5) is 0 Å². The van der Waals surface area contributed by atoms with Crippen molar-refractivity contribution in [1.29, 1.82) is 0 Å². The Bertz CT molecular complexity index is 1240. The van der Waals surface area contributed by atoms with Crippen LogP contribution < -0.4 is 16.0 Å². The number of aromatic amines is 1. The Labute approximate surface area is 175 Å². The van der Waals surface area contributed by atoms with Crippen molar-refractivity contribution in [3.63, 3.8) is 0 Å². The Morgan fingerprint density at radius 2 is 1.90 bits per heavy atom. The van der Waals surface area contributed by atoms with Crippen LogP contribution in [-0.4, -0.2) is 50.2 Å². The molecule has 1 heterocycles. The molecular weight excluding hydrogens is 406 g/mol. The zero-order valence-corrected chi connectivity index (χ0v) is 16.3. The van der Waals surface area contributed by atoms with Crippen LogP contribution in [0.3, 0.4) is 0 Å². The largest absolute Gasteiger partial charge is 0.508 e. The van der Waals surface area contributed by atoms with Gasteiger partial charge in [0.05, 0.1) is 12.8 Å². The average Bonchev–Trinajstić information content (AvgIpc) is 2.73.